The van der Waals surface area contributed by atoms with E-state index in [2.05, 4.69) is 22.4 Å². The molecule has 0 atom stereocenters. The minimum absolute atomic E-state index is 0.256. The highest BCUT2D eigenvalue weighted by molar-refractivity contribution is 7.09. The molecule has 1 saturated heterocycles. The van der Waals surface area contributed by atoms with Gasteiger partial charge in [0.1, 0.15) is 0 Å². The molecule has 1 aromatic heterocycles. The van der Waals surface area contributed by atoms with Crippen molar-refractivity contribution in [2.45, 2.75) is 25.4 Å². The Morgan fingerprint density at radius 1 is 1.42 bits per heavy atom. The van der Waals surface area contributed by atoms with Crippen LogP contribution in [0.25, 0.3) is 0 Å². The second-order valence-corrected chi connectivity index (χ2v) is 6.24. The van der Waals surface area contributed by atoms with Crippen molar-refractivity contribution in [3.05, 3.63) is 22.4 Å². The third-order valence-corrected chi connectivity index (χ3v) is 4.57. The first-order chi connectivity index (χ1) is 9.33. The molecule has 0 spiro atoms. The van der Waals surface area contributed by atoms with Crippen molar-refractivity contribution in [1.82, 2.24) is 9.80 Å². The van der Waals surface area contributed by atoms with Crippen LogP contribution in [0, 0.1) is 0 Å². The first-order valence-corrected chi connectivity index (χ1v) is 7.83. The van der Waals surface area contributed by atoms with Gasteiger partial charge in [-0.2, -0.15) is 0 Å². The van der Waals surface area contributed by atoms with E-state index in [9.17, 15) is 4.79 Å². The van der Waals surface area contributed by atoms with Crippen molar-refractivity contribution in [3.63, 3.8) is 0 Å². The van der Waals surface area contributed by atoms with Crippen LogP contribution in [0.3, 0.4) is 0 Å². The number of hydrogen-bond donors (Lipinski definition) is 0. The lowest BCUT2D eigenvalue weighted by atomic mass is 10.3. The van der Waals surface area contributed by atoms with Crippen molar-refractivity contribution >= 4 is 17.2 Å². The van der Waals surface area contributed by atoms with Crippen LogP contribution in [0.4, 0.5) is 0 Å². The normalized spacial score (nSPS) is 19.9. The third kappa shape index (κ3) is 3.55. The molecule has 104 valence electrons. The average Bonchev–Trinajstić information content (AvgIpc) is 3.17. The minimum atomic E-state index is 0.256. The Morgan fingerprint density at radius 3 is 2.84 bits per heavy atom. The maximum absolute atomic E-state index is 12.3. The molecular formula is C14H20N2O2S. The molecule has 1 aliphatic carbocycles. The van der Waals surface area contributed by atoms with Crippen molar-refractivity contribution in [3.8, 4) is 0 Å². The van der Waals surface area contributed by atoms with Gasteiger partial charge in [0.25, 0.3) is 0 Å². The Kier molecular flexibility index (Phi) is 4.15. The van der Waals surface area contributed by atoms with Crippen molar-refractivity contribution in [1.29, 1.82) is 0 Å². The van der Waals surface area contributed by atoms with E-state index in [0.717, 1.165) is 19.6 Å². The van der Waals surface area contributed by atoms with Gasteiger partial charge in [-0.1, -0.05) is 6.07 Å². The average molecular weight is 280 g/mol. The Hall–Kier alpha value is -0.910. The molecule has 1 saturated carbocycles. The van der Waals surface area contributed by atoms with E-state index in [1.165, 1.54) is 17.7 Å². The first kappa shape index (κ1) is 13.1. The van der Waals surface area contributed by atoms with Crippen molar-refractivity contribution in [2.24, 2.45) is 0 Å². The van der Waals surface area contributed by atoms with Gasteiger partial charge in [0, 0.05) is 30.6 Å². The number of thiophene rings is 1. The fourth-order valence-electron chi connectivity index (χ4n) is 2.44. The fraction of sp³-hybridized carbons (Fsp3) is 0.643. The molecule has 1 aromatic rings. The highest BCUT2D eigenvalue weighted by atomic mass is 32.1. The third-order valence-electron chi connectivity index (χ3n) is 3.70. The number of morpholine rings is 1. The summed E-state index contributed by atoms with van der Waals surface area (Å²) in [5, 5.41) is 2.10. The zero-order valence-corrected chi connectivity index (χ0v) is 11.9. The zero-order valence-electron chi connectivity index (χ0n) is 11.1. The van der Waals surface area contributed by atoms with Crippen LogP contribution in [-0.2, 0) is 16.1 Å². The van der Waals surface area contributed by atoms with Gasteiger partial charge in [-0.3, -0.25) is 9.69 Å². The Bertz CT molecular complexity index is 411. The Labute approximate surface area is 118 Å². The smallest absolute Gasteiger partial charge is 0.236 e. The van der Waals surface area contributed by atoms with Gasteiger partial charge in [0.2, 0.25) is 5.91 Å². The summed E-state index contributed by atoms with van der Waals surface area (Å²) in [6.45, 7) is 4.33. The molecule has 0 radical (unpaired) electrons. The summed E-state index contributed by atoms with van der Waals surface area (Å²) >= 11 is 1.77. The minimum Gasteiger partial charge on any atom is -0.378 e. The number of amides is 1. The largest absolute Gasteiger partial charge is 0.378 e. The summed E-state index contributed by atoms with van der Waals surface area (Å²) in [7, 11) is 0. The quantitative estimate of drug-likeness (QED) is 0.821. The van der Waals surface area contributed by atoms with E-state index >= 15 is 0 Å². The maximum Gasteiger partial charge on any atom is 0.236 e. The summed E-state index contributed by atoms with van der Waals surface area (Å²) in [5.74, 6) is 0.256. The Balaban J connectivity index is 1.56. The summed E-state index contributed by atoms with van der Waals surface area (Å²) < 4.78 is 5.29. The Morgan fingerprint density at radius 2 is 2.21 bits per heavy atom. The van der Waals surface area contributed by atoms with Gasteiger partial charge < -0.3 is 9.64 Å². The van der Waals surface area contributed by atoms with Crippen LogP contribution in [0.1, 0.15) is 17.7 Å². The predicted molar refractivity (Wildman–Crippen MR) is 75.2 cm³/mol. The number of nitrogens with zero attached hydrogens (tertiary/aromatic N) is 2. The van der Waals surface area contributed by atoms with Gasteiger partial charge in [-0.15, -0.1) is 11.3 Å². The molecule has 1 amide bonds. The zero-order chi connectivity index (χ0) is 13.1. The number of hydrogen-bond acceptors (Lipinski definition) is 4. The molecular weight excluding hydrogens is 260 g/mol. The van der Waals surface area contributed by atoms with E-state index in [1.807, 2.05) is 4.90 Å². The summed E-state index contributed by atoms with van der Waals surface area (Å²) in [6.07, 6.45) is 2.48. The molecule has 1 aliphatic heterocycles. The number of carbonyl (C=O) groups excluding carboxylic acids is 1. The van der Waals surface area contributed by atoms with Crippen LogP contribution >= 0.6 is 11.3 Å². The van der Waals surface area contributed by atoms with Crippen LogP contribution in [0.5, 0.6) is 0 Å². The lowest BCUT2D eigenvalue weighted by Gasteiger charge is -2.30. The van der Waals surface area contributed by atoms with Gasteiger partial charge >= 0.3 is 0 Å². The fourth-order valence-corrected chi connectivity index (χ4v) is 3.17. The van der Waals surface area contributed by atoms with E-state index in [-0.39, 0.29) is 5.91 Å². The summed E-state index contributed by atoms with van der Waals surface area (Å²) in [6, 6.07) is 4.85. The second kappa shape index (κ2) is 6.03. The van der Waals surface area contributed by atoms with E-state index in [1.54, 1.807) is 11.3 Å². The topological polar surface area (TPSA) is 32.8 Å². The van der Waals surface area contributed by atoms with Crippen LogP contribution in [0.15, 0.2) is 17.5 Å². The van der Waals surface area contributed by atoms with Crippen molar-refractivity contribution in [2.75, 3.05) is 32.8 Å². The standard InChI is InChI=1S/C14H20N2O2S/c17-14(15-5-7-18-8-6-15)11-16(12-3-4-12)10-13-2-1-9-19-13/h1-2,9,12H,3-8,10-11H2. The van der Waals surface area contributed by atoms with Crippen LogP contribution < -0.4 is 0 Å². The molecule has 2 aliphatic rings. The summed E-state index contributed by atoms with van der Waals surface area (Å²) in [4.78, 5) is 17.9. The molecule has 19 heavy (non-hydrogen) atoms. The van der Waals surface area contributed by atoms with Crippen LogP contribution in [-0.4, -0.2) is 54.6 Å². The molecule has 2 heterocycles. The molecule has 4 nitrogen and oxygen atoms in total. The van der Waals surface area contributed by atoms with E-state index in [0.29, 0.717) is 25.8 Å². The first-order valence-electron chi connectivity index (χ1n) is 6.95. The number of ether oxygens (including phenoxy) is 1. The highest BCUT2D eigenvalue weighted by Crippen LogP contribution is 2.29. The van der Waals surface area contributed by atoms with Gasteiger partial charge in [0.05, 0.1) is 19.8 Å². The summed E-state index contributed by atoms with van der Waals surface area (Å²) in [5.41, 5.74) is 0. The molecule has 0 N–H and O–H groups in total. The lowest BCUT2D eigenvalue weighted by molar-refractivity contribution is -0.136. The molecule has 0 aromatic carbocycles. The maximum atomic E-state index is 12.3. The van der Waals surface area contributed by atoms with Gasteiger partial charge in [-0.05, 0) is 24.3 Å². The van der Waals surface area contributed by atoms with E-state index < -0.39 is 0 Å². The highest BCUT2D eigenvalue weighted by Gasteiger charge is 2.31. The SMILES string of the molecule is O=C(CN(Cc1cccs1)C1CC1)N1CCOCC1. The number of carbonyl (C=O) groups is 1. The monoisotopic (exact) mass is 280 g/mol. The second-order valence-electron chi connectivity index (χ2n) is 5.21. The molecule has 0 unspecified atom stereocenters. The van der Waals surface area contributed by atoms with E-state index in [4.69, 9.17) is 4.74 Å². The molecule has 2 fully saturated rings. The van der Waals surface area contributed by atoms with Gasteiger partial charge in [-0.25, -0.2) is 0 Å². The molecule has 3 rings (SSSR count). The number of rotatable bonds is 5. The lowest BCUT2D eigenvalue weighted by Crippen LogP contribution is -2.46. The van der Waals surface area contributed by atoms with Crippen molar-refractivity contribution < 1.29 is 9.53 Å². The molecule has 0 bridgehead atoms. The van der Waals surface area contributed by atoms with Gasteiger partial charge in [0.15, 0.2) is 0 Å². The van der Waals surface area contributed by atoms with Crippen LogP contribution in [0.2, 0.25) is 0 Å². The molecule has 5 heteroatoms. The predicted octanol–water partition coefficient (Wildman–Crippen LogP) is 1.57.